The average molecular weight is 398 g/mol. The summed E-state index contributed by atoms with van der Waals surface area (Å²) in [4.78, 5) is 19.4. The molecule has 3 aromatic rings. The zero-order chi connectivity index (χ0) is 19.2. The molecule has 1 amide bonds. The molecular weight excluding hydrogens is 374 g/mol. The van der Waals surface area contributed by atoms with Gasteiger partial charge in [0.25, 0.3) is 5.22 Å². The average Bonchev–Trinajstić information content (AvgIpc) is 3.16. The number of benzene rings is 2. The summed E-state index contributed by atoms with van der Waals surface area (Å²) in [7, 11) is 0. The van der Waals surface area contributed by atoms with E-state index in [0.717, 1.165) is 49.5 Å². The Morgan fingerprint density at radius 3 is 2.64 bits per heavy atom. The monoisotopic (exact) mass is 397 g/mol. The summed E-state index contributed by atoms with van der Waals surface area (Å²) in [5, 5.41) is 3.69. The maximum Gasteiger partial charge on any atom is 0.257 e. The molecule has 1 fully saturated rings. The fraction of sp³-hybridized carbons (Fsp3) is 0.333. The lowest BCUT2D eigenvalue weighted by Gasteiger charge is -2.31. The zero-order valence-electron chi connectivity index (χ0n) is 15.5. The Morgan fingerprint density at radius 2 is 1.86 bits per heavy atom. The highest BCUT2D eigenvalue weighted by molar-refractivity contribution is 7.99. The Labute approximate surface area is 168 Å². The summed E-state index contributed by atoms with van der Waals surface area (Å²) in [6.45, 7) is 4.02. The van der Waals surface area contributed by atoms with Crippen LogP contribution in [0.25, 0.3) is 11.1 Å². The first-order valence-corrected chi connectivity index (χ1v) is 10.4. The van der Waals surface area contributed by atoms with Gasteiger partial charge in [0, 0.05) is 19.6 Å². The van der Waals surface area contributed by atoms with Crippen molar-refractivity contribution in [1.82, 2.24) is 15.2 Å². The second kappa shape index (κ2) is 9.23. The van der Waals surface area contributed by atoms with Crippen molar-refractivity contribution >= 4 is 28.8 Å². The van der Waals surface area contributed by atoms with E-state index in [9.17, 15) is 4.79 Å². The lowest BCUT2D eigenvalue weighted by Crippen LogP contribution is -2.43. The highest BCUT2D eigenvalue weighted by atomic mass is 32.2. The van der Waals surface area contributed by atoms with Gasteiger partial charge in [0.05, 0.1) is 25.0 Å². The van der Waals surface area contributed by atoms with E-state index in [2.05, 4.69) is 27.3 Å². The Hall–Kier alpha value is -2.35. The molecule has 2 aromatic carbocycles. The summed E-state index contributed by atoms with van der Waals surface area (Å²) in [6.07, 6.45) is 0. The van der Waals surface area contributed by atoms with E-state index < -0.39 is 0 Å². The minimum atomic E-state index is -0.0592. The van der Waals surface area contributed by atoms with Gasteiger partial charge in [-0.25, -0.2) is 4.98 Å². The van der Waals surface area contributed by atoms with Gasteiger partial charge in [-0.3, -0.25) is 9.69 Å². The fourth-order valence-electron chi connectivity index (χ4n) is 3.24. The fourth-order valence-corrected chi connectivity index (χ4v) is 3.89. The lowest BCUT2D eigenvalue weighted by molar-refractivity contribution is -0.119. The topological polar surface area (TPSA) is 67.6 Å². The number of hydrogen-bond donors (Lipinski definition) is 1. The summed E-state index contributed by atoms with van der Waals surface area (Å²) in [5.74, 6) is 0.230. The van der Waals surface area contributed by atoms with E-state index in [-0.39, 0.29) is 17.7 Å². The quantitative estimate of drug-likeness (QED) is 0.618. The van der Waals surface area contributed by atoms with Gasteiger partial charge in [-0.2, -0.15) is 0 Å². The van der Waals surface area contributed by atoms with Crippen molar-refractivity contribution in [2.45, 2.75) is 11.3 Å². The van der Waals surface area contributed by atoms with E-state index in [4.69, 9.17) is 9.15 Å². The molecule has 1 aromatic heterocycles. The molecule has 0 radical (unpaired) electrons. The van der Waals surface area contributed by atoms with Crippen LogP contribution in [0.1, 0.15) is 11.6 Å². The van der Waals surface area contributed by atoms with Gasteiger partial charge in [-0.1, -0.05) is 54.2 Å². The standard InChI is InChI=1S/C21H23N3O3S/c25-20(15-28-21-23-17-8-4-5-9-19(17)27-21)22-18(16-6-2-1-3-7-16)14-24-10-12-26-13-11-24/h1-9,18H,10-15H2,(H,22,25)/t18-/m0/s1. The SMILES string of the molecule is O=C(CSc1nc2ccccc2o1)N[C@@H](CN1CCOCC1)c1ccccc1. The molecule has 0 saturated carbocycles. The number of fused-ring (bicyclic) bond motifs is 1. The molecule has 2 heterocycles. The van der Waals surface area contributed by atoms with Crippen LogP contribution in [0.4, 0.5) is 0 Å². The largest absolute Gasteiger partial charge is 0.431 e. The number of oxazole rings is 1. The van der Waals surface area contributed by atoms with Gasteiger partial charge in [-0.05, 0) is 17.7 Å². The number of carbonyl (C=O) groups is 1. The molecule has 0 unspecified atom stereocenters. The molecule has 4 rings (SSSR count). The Kier molecular flexibility index (Phi) is 6.26. The van der Waals surface area contributed by atoms with Crippen molar-refractivity contribution in [2.75, 3.05) is 38.6 Å². The van der Waals surface area contributed by atoms with Crippen LogP contribution in [-0.2, 0) is 9.53 Å². The third-order valence-corrected chi connectivity index (χ3v) is 5.51. The predicted octanol–water partition coefficient (Wildman–Crippen LogP) is 3.11. The van der Waals surface area contributed by atoms with Crippen LogP contribution in [-0.4, -0.2) is 54.4 Å². The number of aromatic nitrogens is 1. The van der Waals surface area contributed by atoms with E-state index in [0.29, 0.717) is 5.22 Å². The molecule has 1 saturated heterocycles. The van der Waals surface area contributed by atoms with E-state index in [1.807, 2.05) is 42.5 Å². The lowest BCUT2D eigenvalue weighted by atomic mass is 10.1. The Morgan fingerprint density at radius 1 is 1.11 bits per heavy atom. The van der Waals surface area contributed by atoms with Crippen molar-refractivity contribution in [2.24, 2.45) is 0 Å². The van der Waals surface area contributed by atoms with Crippen LogP contribution in [0.15, 0.2) is 64.2 Å². The molecule has 0 spiro atoms. The molecule has 1 N–H and O–H groups in total. The molecule has 6 nitrogen and oxygen atoms in total. The van der Waals surface area contributed by atoms with Crippen molar-refractivity contribution in [1.29, 1.82) is 0 Å². The maximum absolute atomic E-state index is 12.6. The van der Waals surface area contributed by atoms with Crippen LogP contribution >= 0.6 is 11.8 Å². The van der Waals surface area contributed by atoms with Crippen molar-refractivity contribution < 1.29 is 13.9 Å². The molecule has 1 aliphatic heterocycles. The second-order valence-corrected chi connectivity index (χ2v) is 7.61. The number of hydrogen-bond acceptors (Lipinski definition) is 6. The molecular formula is C21H23N3O3S. The number of morpholine rings is 1. The van der Waals surface area contributed by atoms with Crippen LogP contribution < -0.4 is 5.32 Å². The molecule has 146 valence electrons. The number of nitrogens with one attached hydrogen (secondary N) is 1. The summed E-state index contributed by atoms with van der Waals surface area (Å²) < 4.78 is 11.1. The van der Waals surface area contributed by atoms with Gasteiger partial charge >= 0.3 is 0 Å². The molecule has 1 aliphatic rings. The summed E-state index contributed by atoms with van der Waals surface area (Å²) in [6, 6.07) is 17.6. The minimum absolute atomic E-state index is 0.0330. The Balaban J connectivity index is 1.38. The minimum Gasteiger partial charge on any atom is -0.431 e. The van der Waals surface area contributed by atoms with Gasteiger partial charge < -0.3 is 14.5 Å². The number of thioether (sulfide) groups is 1. The molecule has 0 aliphatic carbocycles. The van der Waals surface area contributed by atoms with Crippen LogP contribution in [0.3, 0.4) is 0 Å². The molecule has 7 heteroatoms. The van der Waals surface area contributed by atoms with E-state index in [1.165, 1.54) is 11.8 Å². The molecule has 1 atom stereocenters. The van der Waals surface area contributed by atoms with E-state index in [1.54, 1.807) is 0 Å². The summed E-state index contributed by atoms with van der Waals surface area (Å²) in [5.41, 5.74) is 2.65. The summed E-state index contributed by atoms with van der Waals surface area (Å²) >= 11 is 1.31. The zero-order valence-corrected chi connectivity index (χ0v) is 16.4. The highest BCUT2D eigenvalue weighted by Gasteiger charge is 2.20. The normalized spacial score (nSPS) is 16.1. The third kappa shape index (κ3) is 4.92. The number of ether oxygens (including phenoxy) is 1. The van der Waals surface area contributed by atoms with Crippen molar-refractivity contribution in [3.05, 3.63) is 60.2 Å². The number of rotatable bonds is 7. The van der Waals surface area contributed by atoms with Crippen LogP contribution in [0.2, 0.25) is 0 Å². The van der Waals surface area contributed by atoms with Gasteiger partial charge in [-0.15, -0.1) is 0 Å². The second-order valence-electron chi connectivity index (χ2n) is 6.68. The van der Waals surface area contributed by atoms with Crippen LogP contribution in [0, 0.1) is 0 Å². The number of amides is 1. The van der Waals surface area contributed by atoms with E-state index >= 15 is 0 Å². The maximum atomic E-state index is 12.6. The smallest absolute Gasteiger partial charge is 0.257 e. The van der Waals surface area contributed by atoms with Crippen molar-refractivity contribution in [3.8, 4) is 0 Å². The highest BCUT2D eigenvalue weighted by Crippen LogP contribution is 2.23. The predicted molar refractivity (Wildman–Crippen MR) is 109 cm³/mol. The molecule has 0 bridgehead atoms. The van der Waals surface area contributed by atoms with Gasteiger partial charge in [0.1, 0.15) is 5.52 Å². The van der Waals surface area contributed by atoms with Crippen molar-refractivity contribution in [3.63, 3.8) is 0 Å². The Bertz CT molecular complexity index is 876. The number of nitrogens with zero attached hydrogens (tertiary/aromatic N) is 2. The van der Waals surface area contributed by atoms with Crippen LogP contribution in [0.5, 0.6) is 0 Å². The molecule has 28 heavy (non-hydrogen) atoms. The first-order valence-electron chi connectivity index (χ1n) is 9.41. The number of para-hydroxylation sites is 2. The first-order chi connectivity index (χ1) is 13.8. The van der Waals surface area contributed by atoms with Gasteiger partial charge in [0.2, 0.25) is 5.91 Å². The number of carbonyl (C=O) groups excluding carboxylic acids is 1. The third-order valence-electron chi connectivity index (χ3n) is 4.68. The first kappa shape index (κ1) is 19.0. The van der Waals surface area contributed by atoms with Gasteiger partial charge in [0.15, 0.2) is 5.58 Å².